The zero-order valence-corrected chi connectivity index (χ0v) is 18.1. The van der Waals surface area contributed by atoms with Gasteiger partial charge in [0.1, 0.15) is 0 Å². The van der Waals surface area contributed by atoms with E-state index in [1.807, 2.05) is 24.3 Å². The van der Waals surface area contributed by atoms with Gasteiger partial charge in [0.2, 0.25) is 11.8 Å². The summed E-state index contributed by atoms with van der Waals surface area (Å²) in [5.41, 5.74) is 21.7. The Labute approximate surface area is 185 Å². The monoisotopic (exact) mass is 433 g/mol. The Morgan fingerprint density at radius 3 is 1.94 bits per heavy atom. The van der Waals surface area contributed by atoms with E-state index in [-0.39, 0.29) is 12.0 Å². The highest BCUT2D eigenvalue weighted by Crippen LogP contribution is 2.47. The number of aryl methyl sites for hydroxylation is 2. The molecule has 0 unspecified atom stereocenters. The Kier molecular flexibility index (Phi) is 5.52. The summed E-state index contributed by atoms with van der Waals surface area (Å²) in [4.78, 5) is 23.8. The van der Waals surface area contributed by atoms with E-state index in [1.54, 1.807) is 12.1 Å². The lowest BCUT2D eigenvalue weighted by Gasteiger charge is -2.37. The van der Waals surface area contributed by atoms with Crippen LogP contribution in [0.2, 0.25) is 0 Å². The fourth-order valence-corrected chi connectivity index (χ4v) is 4.66. The van der Waals surface area contributed by atoms with E-state index < -0.39 is 17.2 Å². The first-order valence-corrected chi connectivity index (χ1v) is 10.6. The lowest BCUT2D eigenvalue weighted by molar-refractivity contribution is 0.0991. The summed E-state index contributed by atoms with van der Waals surface area (Å²) in [6.45, 7) is 4.14. The van der Waals surface area contributed by atoms with Gasteiger partial charge < -0.3 is 17.2 Å². The maximum Gasteiger partial charge on any atom is 0.248 e. The standard InChI is InChI=1S/C23H27N7O2/c1-12(2)19(24)11-23(22-27-29-30-28-22)17-7-5-15(20(25)31)9-13(17)3-4-14-10-16(21(26)32)6-8-18(14)23/h5-10,12,19H,3-4,11,24H2,1-2H3,(H2,25,31)(H2,26,32)(H,27,28,29,30)/t19-/m0/s1. The molecule has 0 radical (unpaired) electrons. The molecular formula is C23H27N7O2. The number of primary amides is 2. The Bertz CT molecular complexity index is 1110. The van der Waals surface area contributed by atoms with E-state index in [0.717, 1.165) is 22.3 Å². The number of benzene rings is 2. The molecule has 1 aliphatic rings. The van der Waals surface area contributed by atoms with E-state index in [0.29, 0.717) is 36.2 Å². The van der Waals surface area contributed by atoms with Crippen molar-refractivity contribution in [3.05, 3.63) is 75.6 Å². The maximum atomic E-state index is 11.9. The number of carbonyl (C=O) groups excluding carboxylic acids is 2. The molecule has 1 aliphatic carbocycles. The molecule has 9 nitrogen and oxygen atoms in total. The van der Waals surface area contributed by atoms with Crippen LogP contribution in [0.15, 0.2) is 36.4 Å². The second-order valence-electron chi connectivity index (χ2n) is 8.74. The number of carbonyl (C=O) groups is 2. The van der Waals surface area contributed by atoms with Crippen molar-refractivity contribution in [2.24, 2.45) is 23.1 Å². The number of aromatic amines is 1. The van der Waals surface area contributed by atoms with Crippen LogP contribution in [0.3, 0.4) is 0 Å². The Morgan fingerprint density at radius 2 is 1.53 bits per heavy atom. The van der Waals surface area contributed by atoms with Crippen LogP contribution in [0.5, 0.6) is 0 Å². The van der Waals surface area contributed by atoms with Crippen molar-refractivity contribution in [2.45, 2.75) is 44.6 Å². The van der Waals surface area contributed by atoms with Crippen LogP contribution in [0, 0.1) is 5.92 Å². The topological polar surface area (TPSA) is 167 Å². The van der Waals surface area contributed by atoms with E-state index in [4.69, 9.17) is 17.2 Å². The Hall–Kier alpha value is -3.59. The number of rotatable bonds is 6. The molecule has 0 bridgehead atoms. The van der Waals surface area contributed by atoms with Gasteiger partial charge in [0.25, 0.3) is 0 Å². The first-order chi connectivity index (χ1) is 15.2. The molecule has 0 saturated carbocycles. The van der Waals surface area contributed by atoms with Crippen molar-refractivity contribution in [3.8, 4) is 0 Å². The van der Waals surface area contributed by atoms with E-state index in [1.165, 1.54) is 0 Å². The van der Waals surface area contributed by atoms with Crippen molar-refractivity contribution >= 4 is 11.8 Å². The number of fused-ring (bicyclic) bond motifs is 2. The van der Waals surface area contributed by atoms with E-state index >= 15 is 0 Å². The molecule has 4 rings (SSSR count). The van der Waals surface area contributed by atoms with Gasteiger partial charge in [0.05, 0.1) is 5.41 Å². The van der Waals surface area contributed by atoms with E-state index in [2.05, 4.69) is 34.5 Å². The van der Waals surface area contributed by atoms with Crippen LogP contribution in [0.25, 0.3) is 0 Å². The van der Waals surface area contributed by atoms with Crippen LogP contribution in [0.1, 0.15) is 69.1 Å². The number of nitrogens with two attached hydrogens (primary N) is 3. The molecule has 0 aliphatic heterocycles. The smallest absolute Gasteiger partial charge is 0.248 e. The number of aromatic nitrogens is 4. The predicted octanol–water partition coefficient (Wildman–Crippen LogP) is 1.20. The summed E-state index contributed by atoms with van der Waals surface area (Å²) in [6.07, 6.45) is 1.81. The average molecular weight is 434 g/mol. The minimum absolute atomic E-state index is 0.175. The zero-order valence-electron chi connectivity index (χ0n) is 18.1. The summed E-state index contributed by atoms with van der Waals surface area (Å²) in [5, 5.41) is 15.0. The lowest BCUT2D eigenvalue weighted by atomic mass is 9.66. The van der Waals surface area contributed by atoms with Gasteiger partial charge in [0.15, 0.2) is 5.82 Å². The van der Waals surface area contributed by atoms with Crippen molar-refractivity contribution in [1.29, 1.82) is 0 Å². The van der Waals surface area contributed by atoms with Crippen LogP contribution in [0.4, 0.5) is 0 Å². The highest BCUT2D eigenvalue weighted by Gasteiger charge is 2.45. The number of tetrazole rings is 1. The number of H-pyrrole nitrogens is 1. The normalized spacial score (nSPS) is 15.5. The Morgan fingerprint density at radius 1 is 1.00 bits per heavy atom. The van der Waals surface area contributed by atoms with Crippen LogP contribution < -0.4 is 17.2 Å². The number of hydrogen-bond donors (Lipinski definition) is 4. The lowest BCUT2D eigenvalue weighted by Crippen LogP contribution is -2.41. The van der Waals surface area contributed by atoms with Crippen molar-refractivity contribution in [1.82, 2.24) is 20.6 Å². The molecule has 166 valence electrons. The van der Waals surface area contributed by atoms with Crippen molar-refractivity contribution in [2.75, 3.05) is 0 Å². The van der Waals surface area contributed by atoms with Crippen molar-refractivity contribution < 1.29 is 9.59 Å². The fraction of sp³-hybridized carbons (Fsp3) is 0.348. The molecule has 9 heteroatoms. The second-order valence-corrected chi connectivity index (χ2v) is 8.74. The molecule has 0 spiro atoms. The van der Waals surface area contributed by atoms with Gasteiger partial charge in [-0.2, -0.15) is 0 Å². The third-order valence-electron chi connectivity index (χ3n) is 6.51. The molecule has 0 saturated heterocycles. The summed E-state index contributed by atoms with van der Waals surface area (Å²) in [6, 6.07) is 10.8. The van der Waals surface area contributed by atoms with Crippen LogP contribution >= 0.6 is 0 Å². The largest absolute Gasteiger partial charge is 0.366 e. The van der Waals surface area contributed by atoms with Gasteiger partial charge in [-0.1, -0.05) is 26.0 Å². The molecule has 3 aromatic rings. The van der Waals surface area contributed by atoms with Gasteiger partial charge in [-0.15, -0.1) is 5.10 Å². The molecule has 2 amide bonds. The molecular weight excluding hydrogens is 406 g/mol. The highest BCUT2D eigenvalue weighted by molar-refractivity contribution is 5.94. The SMILES string of the molecule is CC(C)[C@@H](N)CC1(c2nnn[nH]2)c2ccc(C(N)=O)cc2CCc2cc(C(N)=O)ccc21. The number of nitrogens with zero attached hydrogens (tertiary/aromatic N) is 3. The number of amides is 2. The van der Waals surface area contributed by atoms with Gasteiger partial charge in [-0.3, -0.25) is 9.59 Å². The molecule has 2 aromatic carbocycles. The first kappa shape index (κ1) is 21.6. The third-order valence-corrected chi connectivity index (χ3v) is 6.51. The summed E-state index contributed by atoms with van der Waals surface area (Å²) in [7, 11) is 0. The van der Waals surface area contributed by atoms with Crippen LogP contribution in [-0.2, 0) is 18.3 Å². The molecule has 1 atom stereocenters. The average Bonchev–Trinajstić information content (AvgIpc) is 3.26. The summed E-state index contributed by atoms with van der Waals surface area (Å²) in [5.74, 6) is -0.225. The predicted molar refractivity (Wildman–Crippen MR) is 119 cm³/mol. The number of nitrogens with one attached hydrogen (secondary N) is 1. The second kappa shape index (κ2) is 8.16. The number of hydrogen-bond acceptors (Lipinski definition) is 6. The van der Waals surface area contributed by atoms with Crippen LogP contribution in [-0.4, -0.2) is 38.5 Å². The Balaban J connectivity index is 2.06. The molecule has 7 N–H and O–H groups in total. The third kappa shape index (κ3) is 3.54. The highest BCUT2D eigenvalue weighted by atomic mass is 16.1. The van der Waals surface area contributed by atoms with Gasteiger partial charge in [-0.05, 0) is 82.1 Å². The molecule has 1 aromatic heterocycles. The molecule has 32 heavy (non-hydrogen) atoms. The molecule has 1 heterocycles. The van der Waals surface area contributed by atoms with Gasteiger partial charge in [0, 0.05) is 17.2 Å². The summed E-state index contributed by atoms with van der Waals surface area (Å²) < 4.78 is 0. The fourth-order valence-electron chi connectivity index (χ4n) is 4.66. The first-order valence-electron chi connectivity index (χ1n) is 10.6. The minimum Gasteiger partial charge on any atom is -0.366 e. The van der Waals surface area contributed by atoms with E-state index in [9.17, 15) is 9.59 Å². The quantitative estimate of drug-likeness (QED) is 0.456. The van der Waals surface area contributed by atoms with Gasteiger partial charge >= 0.3 is 0 Å². The molecule has 0 fully saturated rings. The van der Waals surface area contributed by atoms with Gasteiger partial charge in [-0.25, -0.2) is 5.10 Å². The summed E-state index contributed by atoms with van der Waals surface area (Å²) >= 11 is 0. The zero-order chi connectivity index (χ0) is 23.0. The van der Waals surface area contributed by atoms with Crippen molar-refractivity contribution in [3.63, 3.8) is 0 Å². The maximum absolute atomic E-state index is 11.9. The minimum atomic E-state index is -0.805.